The standard InChI is InChI=1S/C49H97NO8/c1-3-5-7-9-11-13-15-17-19-20-21-22-23-25-27-29-31-33-35-37-39-45(53)50-42(41-57-49-48(56)47(55)46(54)44(40-51)58-49)43(52)38-36-34-32-30-28-26-24-18-16-14-12-10-8-6-4-2/h42-44,46-49,51-52,54-56H,3-41H2,1-2H3,(H,50,53)/t42-,43+,44+,46+,47?,48?,49+/m0/s1. The predicted molar refractivity (Wildman–Crippen MR) is 240 cm³/mol. The highest BCUT2D eigenvalue weighted by Crippen LogP contribution is 2.23. The maximum atomic E-state index is 13.0. The van der Waals surface area contributed by atoms with Crippen LogP contribution in [0.1, 0.15) is 251 Å². The monoisotopic (exact) mass is 828 g/mol. The van der Waals surface area contributed by atoms with Gasteiger partial charge in [0, 0.05) is 6.42 Å². The first-order valence-corrected chi connectivity index (χ1v) is 25.2. The number of nitrogens with one attached hydrogen (secondary N) is 1. The molecule has 0 aliphatic carbocycles. The summed E-state index contributed by atoms with van der Waals surface area (Å²) < 4.78 is 11.3. The zero-order chi connectivity index (χ0) is 42.3. The van der Waals surface area contributed by atoms with Crippen molar-refractivity contribution in [3.8, 4) is 0 Å². The molecule has 58 heavy (non-hydrogen) atoms. The van der Waals surface area contributed by atoms with Crippen molar-refractivity contribution >= 4 is 5.91 Å². The van der Waals surface area contributed by atoms with Gasteiger partial charge in [0.2, 0.25) is 5.91 Å². The quantitative estimate of drug-likeness (QED) is 0.0333. The van der Waals surface area contributed by atoms with Crippen molar-refractivity contribution in [1.82, 2.24) is 5.32 Å². The summed E-state index contributed by atoms with van der Waals surface area (Å²) in [4.78, 5) is 13.0. The molecule has 1 aliphatic rings. The summed E-state index contributed by atoms with van der Waals surface area (Å²) in [6, 6.07) is -0.711. The summed E-state index contributed by atoms with van der Waals surface area (Å²) in [5.74, 6) is -0.139. The third-order valence-corrected chi connectivity index (χ3v) is 12.5. The van der Waals surface area contributed by atoms with Gasteiger partial charge >= 0.3 is 0 Å². The van der Waals surface area contributed by atoms with E-state index in [4.69, 9.17) is 9.47 Å². The fourth-order valence-corrected chi connectivity index (χ4v) is 8.40. The van der Waals surface area contributed by atoms with Gasteiger partial charge in [0.15, 0.2) is 6.29 Å². The maximum Gasteiger partial charge on any atom is 0.220 e. The summed E-state index contributed by atoms with van der Waals surface area (Å²) in [5.41, 5.74) is 0. The second kappa shape index (κ2) is 40.3. The Hall–Kier alpha value is -0.810. The van der Waals surface area contributed by atoms with E-state index < -0.39 is 49.5 Å². The van der Waals surface area contributed by atoms with Crippen LogP contribution in [0, 0.1) is 0 Å². The van der Waals surface area contributed by atoms with Crippen LogP contribution < -0.4 is 5.32 Å². The van der Waals surface area contributed by atoms with Crippen LogP contribution in [-0.4, -0.2) is 87.5 Å². The third kappa shape index (κ3) is 30.3. The highest BCUT2D eigenvalue weighted by atomic mass is 16.7. The Balaban J connectivity index is 2.25. The lowest BCUT2D eigenvalue weighted by molar-refractivity contribution is -0.302. The number of aliphatic hydroxyl groups is 5. The molecule has 1 heterocycles. The topological polar surface area (TPSA) is 149 Å². The second-order valence-corrected chi connectivity index (χ2v) is 18.0. The van der Waals surface area contributed by atoms with Crippen molar-refractivity contribution in [1.29, 1.82) is 0 Å². The summed E-state index contributed by atoms with van der Waals surface area (Å²) >= 11 is 0. The lowest BCUT2D eigenvalue weighted by Crippen LogP contribution is -2.60. The summed E-state index contributed by atoms with van der Waals surface area (Å²) in [7, 11) is 0. The molecule has 7 atom stereocenters. The van der Waals surface area contributed by atoms with Crippen LogP contribution in [0.25, 0.3) is 0 Å². The number of rotatable bonds is 43. The molecular weight excluding hydrogens is 731 g/mol. The number of amides is 1. The van der Waals surface area contributed by atoms with E-state index in [1.165, 1.54) is 186 Å². The van der Waals surface area contributed by atoms with E-state index in [1.807, 2.05) is 0 Å². The average molecular weight is 828 g/mol. The van der Waals surface area contributed by atoms with E-state index in [9.17, 15) is 30.3 Å². The van der Waals surface area contributed by atoms with Crippen molar-refractivity contribution in [2.45, 2.75) is 294 Å². The number of hydrogen-bond acceptors (Lipinski definition) is 8. The van der Waals surface area contributed by atoms with Gasteiger partial charge in [0.05, 0.1) is 25.4 Å². The molecule has 0 aromatic heterocycles. The Labute approximate surface area is 357 Å². The molecule has 6 N–H and O–H groups in total. The molecule has 0 radical (unpaired) electrons. The van der Waals surface area contributed by atoms with E-state index in [0.29, 0.717) is 12.8 Å². The van der Waals surface area contributed by atoms with Gasteiger partial charge in [-0.25, -0.2) is 0 Å². The lowest BCUT2D eigenvalue weighted by Gasteiger charge is -2.40. The average Bonchev–Trinajstić information content (AvgIpc) is 3.22. The molecule has 9 nitrogen and oxygen atoms in total. The molecule has 0 bridgehead atoms. The van der Waals surface area contributed by atoms with Crippen LogP contribution >= 0.6 is 0 Å². The Morgan fingerprint density at radius 3 is 1.22 bits per heavy atom. The molecule has 1 aliphatic heterocycles. The molecule has 1 saturated heterocycles. The van der Waals surface area contributed by atoms with Crippen LogP contribution in [0.4, 0.5) is 0 Å². The van der Waals surface area contributed by atoms with Gasteiger partial charge in [0.25, 0.3) is 0 Å². The Morgan fingerprint density at radius 1 is 0.517 bits per heavy atom. The summed E-state index contributed by atoms with van der Waals surface area (Å²) in [5, 5.41) is 54.5. The zero-order valence-electron chi connectivity index (χ0n) is 38.1. The number of unbranched alkanes of at least 4 members (excludes halogenated alkanes) is 33. The van der Waals surface area contributed by atoms with Gasteiger partial charge < -0.3 is 40.3 Å². The first-order chi connectivity index (χ1) is 28.3. The second-order valence-electron chi connectivity index (χ2n) is 18.0. The van der Waals surface area contributed by atoms with Crippen LogP contribution in [0.5, 0.6) is 0 Å². The van der Waals surface area contributed by atoms with Crippen LogP contribution in [0.2, 0.25) is 0 Å². The van der Waals surface area contributed by atoms with E-state index in [-0.39, 0.29) is 12.5 Å². The summed E-state index contributed by atoms with van der Waals surface area (Å²) in [6.07, 6.45) is 38.2. The maximum absolute atomic E-state index is 13.0. The fraction of sp³-hybridized carbons (Fsp3) is 0.980. The highest BCUT2D eigenvalue weighted by molar-refractivity contribution is 5.76. The normalized spacial score (nSPS) is 20.7. The number of carbonyl (C=O) groups excluding carboxylic acids is 1. The number of hydrogen-bond donors (Lipinski definition) is 6. The van der Waals surface area contributed by atoms with Crippen LogP contribution in [-0.2, 0) is 14.3 Å². The first kappa shape index (κ1) is 55.2. The minimum Gasteiger partial charge on any atom is -0.394 e. The SMILES string of the molecule is CCCCCCCCCCCCCCCCCCCCCCC(=O)N[C@@H](CO[C@@H]1O[C@H](CO)[C@@H](O)C(O)C1O)[C@H](O)CCCCCCCCCCCCCCCCC. The van der Waals surface area contributed by atoms with Gasteiger partial charge in [-0.1, -0.05) is 232 Å². The molecule has 1 amide bonds. The molecule has 2 unspecified atom stereocenters. The zero-order valence-corrected chi connectivity index (χ0v) is 38.1. The van der Waals surface area contributed by atoms with Crippen molar-refractivity contribution in [3.63, 3.8) is 0 Å². The minimum atomic E-state index is -1.55. The van der Waals surface area contributed by atoms with Crippen molar-refractivity contribution in [2.24, 2.45) is 0 Å². The van der Waals surface area contributed by atoms with Crippen molar-refractivity contribution < 1.29 is 39.8 Å². The van der Waals surface area contributed by atoms with Crippen molar-refractivity contribution in [2.75, 3.05) is 13.2 Å². The molecule has 1 fully saturated rings. The Bertz CT molecular complexity index is 878. The van der Waals surface area contributed by atoms with Crippen LogP contribution in [0.3, 0.4) is 0 Å². The molecule has 0 aromatic carbocycles. The molecular formula is C49H97NO8. The summed E-state index contributed by atoms with van der Waals surface area (Å²) in [6.45, 7) is 3.86. The number of aliphatic hydroxyl groups excluding tert-OH is 5. The number of carbonyl (C=O) groups is 1. The Kier molecular flexibility index (Phi) is 38.3. The molecule has 0 aromatic rings. The van der Waals surface area contributed by atoms with Crippen molar-refractivity contribution in [3.05, 3.63) is 0 Å². The van der Waals surface area contributed by atoms with E-state index in [0.717, 1.165) is 38.5 Å². The molecule has 0 spiro atoms. The number of ether oxygens (including phenoxy) is 2. The largest absolute Gasteiger partial charge is 0.394 e. The van der Waals surface area contributed by atoms with Gasteiger partial charge in [-0.05, 0) is 12.8 Å². The predicted octanol–water partition coefficient (Wildman–Crippen LogP) is 11.1. The highest BCUT2D eigenvalue weighted by Gasteiger charge is 2.44. The Morgan fingerprint density at radius 2 is 0.862 bits per heavy atom. The minimum absolute atomic E-state index is 0.131. The smallest absolute Gasteiger partial charge is 0.220 e. The van der Waals surface area contributed by atoms with E-state index in [1.54, 1.807) is 0 Å². The molecule has 9 heteroatoms. The van der Waals surface area contributed by atoms with Gasteiger partial charge in [-0.3, -0.25) is 4.79 Å². The van der Waals surface area contributed by atoms with Gasteiger partial charge in [-0.2, -0.15) is 0 Å². The molecule has 1 rings (SSSR count). The first-order valence-electron chi connectivity index (χ1n) is 25.2. The third-order valence-electron chi connectivity index (χ3n) is 12.5. The molecule has 346 valence electrons. The van der Waals surface area contributed by atoms with Crippen LogP contribution in [0.15, 0.2) is 0 Å². The fourth-order valence-electron chi connectivity index (χ4n) is 8.40. The van der Waals surface area contributed by atoms with E-state index >= 15 is 0 Å². The van der Waals surface area contributed by atoms with E-state index in [2.05, 4.69) is 19.2 Å². The lowest BCUT2D eigenvalue weighted by atomic mass is 9.99. The van der Waals surface area contributed by atoms with Gasteiger partial charge in [0.1, 0.15) is 24.4 Å². The van der Waals surface area contributed by atoms with Gasteiger partial charge in [-0.15, -0.1) is 0 Å². The molecule has 0 saturated carbocycles.